The number of hydrogen-bond donors (Lipinski definition) is 1. The SMILES string of the molecule is CC(C)(C)OC(=O)N1CCCC2(CCC(O)C2)C1. The molecule has 1 spiro atoms. The van der Waals surface area contributed by atoms with Crippen LogP contribution in [0.15, 0.2) is 0 Å². The summed E-state index contributed by atoms with van der Waals surface area (Å²) < 4.78 is 5.43. The van der Waals surface area contributed by atoms with Crippen LogP contribution < -0.4 is 0 Å². The molecule has 104 valence electrons. The van der Waals surface area contributed by atoms with Crippen molar-refractivity contribution >= 4 is 6.09 Å². The van der Waals surface area contributed by atoms with Crippen molar-refractivity contribution < 1.29 is 14.6 Å². The fourth-order valence-corrected chi connectivity index (χ4v) is 3.24. The van der Waals surface area contributed by atoms with E-state index in [1.807, 2.05) is 25.7 Å². The van der Waals surface area contributed by atoms with Crippen molar-refractivity contribution in [1.82, 2.24) is 4.90 Å². The minimum absolute atomic E-state index is 0.147. The Bertz CT molecular complexity index is 319. The maximum atomic E-state index is 12.1. The van der Waals surface area contributed by atoms with Crippen LogP contribution in [-0.2, 0) is 4.74 Å². The van der Waals surface area contributed by atoms with Crippen molar-refractivity contribution in [2.24, 2.45) is 5.41 Å². The highest BCUT2D eigenvalue weighted by Gasteiger charge is 2.43. The predicted octanol–water partition coefficient (Wildman–Crippen LogP) is 2.55. The molecule has 2 fully saturated rings. The molecule has 2 aliphatic rings. The molecule has 1 saturated carbocycles. The number of aliphatic hydroxyl groups is 1. The zero-order valence-electron chi connectivity index (χ0n) is 11.7. The topological polar surface area (TPSA) is 49.8 Å². The van der Waals surface area contributed by atoms with Crippen molar-refractivity contribution in [2.75, 3.05) is 13.1 Å². The van der Waals surface area contributed by atoms with Gasteiger partial charge in [-0.05, 0) is 58.3 Å². The first kappa shape index (κ1) is 13.7. The van der Waals surface area contributed by atoms with Gasteiger partial charge in [-0.2, -0.15) is 0 Å². The maximum Gasteiger partial charge on any atom is 0.410 e. The summed E-state index contributed by atoms with van der Waals surface area (Å²) in [6.45, 7) is 7.21. The van der Waals surface area contributed by atoms with Crippen LogP contribution in [0.5, 0.6) is 0 Å². The molecular weight excluding hydrogens is 230 g/mol. The largest absolute Gasteiger partial charge is 0.444 e. The molecular formula is C14H25NO3. The van der Waals surface area contributed by atoms with Gasteiger partial charge in [-0.3, -0.25) is 0 Å². The number of ether oxygens (including phenoxy) is 1. The zero-order valence-corrected chi connectivity index (χ0v) is 11.7. The van der Waals surface area contributed by atoms with Crippen LogP contribution in [0.25, 0.3) is 0 Å². The summed E-state index contributed by atoms with van der Waals surface area (Å²) in [6.07, 6.45) is 4.52. The molecule has 1 aliphatic heterocycles. The number of amides is 1. The Morgan fingerprint density at radius 2 is 2.11 bits per heavy atom. The number of piperidine rings is 1. The number of carbonyl (C=O) groups is 1. The average molecular weight is 255 g/mol. The Morgan fingerprint density at radius 3 is 2.67 bits per heavy atom. The maximum absolute atomic E-state index is 12.1. The smallest absolute Gasteiger partial charge is 0.410 e. The standard InChI is InChI=1S/C14H25NO3/c1-13(2,3)18-12(17)15-8-4-6-14(10-15)7-5-11(16)9-14/h11,16H,4-10H2,1-3H3. The lowest BCUT2D eigenvalue weighted by Crippen LogP contribution is -2.47. The van der Waals surface area contributed by atoms with E-state index in [2.05, 4.69) is 0 Å². The van der Waals surface area contributed by atoms with Gasteiger partial charge in [-0.25, -0.2) is 4.79 Å². The number of nitrogens with zero attached hydrogens (tertiary/aromatic N) is 1. The molecule has 18 heavy (non-hydrogen) atoms. The predicted molar refractivity (Wildman–Crippen MR) is 69.3 cm³/mol. The van der Waals surface area contributed by atoms with Crippen molar-refractivity contribution in [1.29, 1.82) is 0 Å². The summed E-state index contributed by atoms with van der Waals surface area (Å²) in [4.78, 5) is 13.9. The summed E-state index contributed by atoms with van der Waals surface area (Å²) in [6, 6.07) is 0. The third-order valence-electron chi connectivity index (χ3n) is 3.99. The number of likely N-dealkylation sites (tertiary alicyclic amines) is 1. The average Bonchev–Trinajstić information content (AvgIpc) is 2.57. The second-order valence-electron chi connectivity index (χ2n) is 6.90. The number of aliphatic hydroxyl groups excluding tert-OH is 1. The Hall–Kier alpha value is -0.770. The molecule has 0 aromatic heterocycles. The van der Waals surface area contributed by atoms with Crippen molar-refractivity contribution in [3.05, 3.63) is 0 Å². The first-order valence-electron chi connectivity index (χ1n) is 6.96. The van der Waals surface area contributed by atoms with E-state index in [1.54, 1.807) is 0 Å². The van der Waals surface area contributed by atoms with E-state index in [0.717, 1.165) is 45.2 Å². The van der Waals surface area contributed by atoms with Crippen LogP contribution in [0.2, 0.25) is 0 Å². The van der Waals surface area contributed by atoms with Gasteiger partial charge in [0.15, 0.2) is 0 Å². The first-order chi connectivity index (χ1) is 8.30. The third kappa shape index (κ3) is 3.16. The molecule has 0 radical (unpaired) electrons. The van der Waals surface area contributed by atoms with Gasteiger partial charge >= 0.3 is 6.09 Å². The molecule has 0 bridgehead atoms. The molecule has 1 heterocycles. The summed E-state index contributed by atoms with van der Waals surface area (Å²) in [5.74, 6) is 0. The fraction of sp³-hybridized carbons (Fsp3) is 0.929. The molecule has 2 atom stereocenters. The fourth-order valence-electron chi connectivity index (χ4n) is 3.24. The van der Waals surface area contributed by atoms with Crippen molar-refractivity contribution in [3.63, 3.8) is 0 Å². The van der Waals surface area contributed by atoms with E-state index >= 15 is 0 Å². The van der Waals surface area contributed by atoms with Crippen LogP contribution in [0.1, 0.15) is 52.9 Å². The molecule has 0 aromatic rings. The van der Waals surface area contributed by atoms with Crippen molar-refractivity contribution in [3.8, 4) is 0 Å². The summed E-state index contributed by atoms with van der Waals surface area (Å²) in [5.41, 5.74) is -0.286. The molecule has 1 aliphatic carbocycles. The molecule has 1 N–H and O–H groups in total. The Labute approximate surface area is 109 Å². The van der Waals surface area contributed by atoms with Gasteiger partial charge in [0.25, 0.3) is 0 Å². The zero-order chi connectivity index (χ0) is 13.4. The van der Waals surface area contributed by atoms with Gasteiger partial charge in [0.2, 0.25) is 0 Å². The minimum atomic E-state index is -0.434. The van der Waals surface area contributed by atoms with Crippen molar-refractivity contribution in [2.45, 2.75) is 64.6 Å². The Kier molecular flexibility index (Phi) is 3.58. The second-order valence-corrected chi connectivity index (χ2v) is 6.90. The molecule has 2 unspecified atom stereocenters. The van der Waals surface area contributed by atoms with E-state index in [-0.39, 0.29) is 17.6 Å². The summed E-state index contributed by atoms with van der Waals surface area (Å²) in [5, 5.41) is 9.72. The third-order valence-corrected chi connectivity index (χ3v) is 3.99. The Balaban J connectivity index is 1.97. The summed E-state index contributed by atoms with van der Waals surface area (Å²) >= 11 is 0. The molecule has 1 saturated heterocycles. The minimum Gasteiger partial charge on any atom is -0.444 e. The van der Waals surface area contributed by atoms with Crippen LogP contribution >= 0.6 is 0 Å². The van der Waals surface area contributed by atoms with Crippen LogP contribution in [-0.4, -0.2) is 40.9 Å². The van der Waals surface area contributed by atoms with Gasteiger partial charge in [0.1, 0.15) is 5.60 Å². The molecule has 0 aromatic carbocycles. The van der Waals surface area contributed by atoms with Gasteiger partial charge in [-0.15, -0.1) is 0 Å². The molecule has 4 heteroatoms. The highest BCUT2D eigenvalue weighted by atomic mass is 16.6. The number of hydrogen-bond acceptors (Lipinski definition) is 3. The first-order valence-corrected chi connectivity index (χ1v) is 6.96. The van der Waals surface area contributed by atoms with E-state index in [0.29, 0.717) is 0 Å². The quantitative estimate of drug-likeness (QED) is 0.723. The number of rotatable bonds is 0. The van der Waals surface area contributed by atoms with E-state index in [9.17, 15) is 9.90 Å². The van der Waals surface area contributed by atoms with Gasteiger partial charge < -0.3 is 14.7 Å². The normalized spacial score (nSPS) is 32.9. The lowest BCUT2D eigenvalue weighted by atomic mass is 9.78. The van der Waals surface area contributed by atoms with E-state index < -0.39 is 5.60 Å². The Morgan fingerprint density at radius 1 is 1.39 bits per heavy atom. The highest BCUT2D eigenvalue weighted by molar-refractivity contribution is 5.68. The molecule has 1 amide bonds. The number of carbonyl (C=O) groups excluding carboxylic acids is 1. The van der Waals surface area contributed by atoms with Crippen LogP contribution in [0.3, 0.4) is 0 Å². The molecule has 2 rings (SSSR count). The van der Waals surface area contributed by atoms with Crippen LogP contribution in [0, 0.1) is 5.41 Å². The lowest BCUT2D eigenvalue weighted by molar-refractivity contribution is 0.00279. The summed E-state index contributed by atoms with van der Waals surface area (Å²) in [7, 11) is 0. The van der Waals surface area contributed by atoms with Gasteiger partial charge in [0.05, 0.1) is 6.10 Å². The van der Waals surface area contributed by atoms with E-state index in [1.165, 1.54) is 0 Å². The van der Waals surface area contributed by atoms with Crippen LogP contribution in [0.4, 0.5) is 4.79 Å². The van der Waals surface area contributed by atoms with Gasteiger partial charge in [0, 0.05) is 13.1 Å². The second kappa shape index (κ2) is 4.72. The monoisotopic (exact) mass is 255 g/mol. The molecule has 4 nitrogen and oxygen atoms in total. The lowest BCUT2D eigenvalue weighted by Gasteiger charge is -2.40. The van der Waals surface area contributed by atoms with E-state index in [4.69, 9.17) is 4.74 Å². The van der Waals surface area contributed by atoms with Gasteiger partial charge in [-0.1, -0.05) is 0 Å². The highest BCUT2D eigenvalue weighted by Crippen LogP contribution is 2.45.